The van der Waals surface area contributed by atoms with E-state index in [1.165, 1.54) is 77.2 Å². The van der Waals surface area contributed by atoms with Crippen LogP contribution < -0.4 is 0 Å². The predicted octanol–water partition coefficient (Wildman–Crippen LogP) is 11.2. The molecule has 0 N–H and O–H groups in total. The van der Waals surface area contributed by atoms with Crippen molar-refractivity contribution >= 4 is 43.6 Å². The number of fused-ring (bicyclic) bond motifs is 6. The summed E-state index contributed by atoms with van der Waals surface area (Å²) in [6.45, 7) is 9.26. The van der Waals surface area contributed by atoms with Crippen molar-refractivity contribution in [3.05, 3.63) is 145 Å². The van der Waals surface area contributed by atoms with E-state index in [0.29, 0.717) is 0 Å². The van der Waals surface area contributed by atoms with Crippen molar-refractivity contribution in [2.45, 2.75) is 33.1 Å². The molecule has 0 saturated heterocycles. The van der Waals surface area contributed by atoms with Crippen LogP contribution in [0.25, 0.3) is 66.1 Å². The fraction of sp³-hybridized carbons (Fsp3) is 0.122. The number of aromatic nitrogens is 2. The van der Waals surface area contributed by atoms with Gasteiger partial charge in [-0.1, -0.05) is 117 Å². The van der Waals surface area contributed by atoms with Crippen molar-refractivity contribution in [3.8, 4) is 22.5 Å². The van der Waals surface area contributed by atoms with Crippen LogP contribution in [0.4, 0.5) is 0 Å². The molecule has 0 radical (unpaired) electrons. The van der Waals surface area contributed by atoms with E-state index < -0.39 is 0 Å². The number of para-hydroxylation sites is 3. The molecule has 0 aliphatic rings. The molecule has 0 spiro atoms. The fourth-order valence-corrected chi connectivity index (χ4v) is 7.18. The molecule has 43 heavy (non-hydrogen) atoms. The first-order valence-electron chi connectivity index (χ1n) is 15.1. The molecule has 0 bridgehead atoms. The van der Waals surface area contributed by atoms with Gasteiger partial charge in [-0.15, -0.1) is 0 Å². The molecule has 0 fully saturated rings. The second-order valence-electron chi connectivity index (χ2n) is 12.7. The van der Waals surface area contributed by atoms with Gasteiger partial charge in [-0.2, -0.15) is 0 Å². The number of hydrogen-bond acceptors (Lipinski definition) is 0. The Morgan fingerprint density at radius 2 is 1.09 bits per heavy atom. The summed E-state index contributed by atoms with van der Waals surface area (Å²) in [6, 6.07) is 48.8. The zero-order valence-corrected chi connectivity index (χ0v) is 25.1. The lowest BCUT2D eigenvalue weighted by molar-refractivity contribution is 0.593. The number of aryl methyl sites for hydroxylation is 1. The topological polar surface area (TPSA) is 9.86 Å². The minimum absolute atomic E-state index is 0.142. The maximum atomic E-state index is 2.49. The third-order valence-corrected chi connectivity index (χ3v) is 8.85. The summed E-state index contributed by atoms with van der Waals surface area (Å²) >= 11 is 0. The van der Waals surface area contributed by atoms with Gasteiger partial charge in [0.25, 0.3) is 0 Å². The average Bonchev–Trinajstić information content (AvgIpc) is 3.53. The molecular formula is C41H34N2. The molecule has 0 atom stereocenters. The van der Waals surface area contributed by atoms with Crippen molar-refractivity contribution in [1.82, 2.24) is 9.13 Å². The van der Waals surface area contributed by atoms with Crippen molar-refractivity contribution < 1.29 is 0 Å². The van der Waals surface area contributed by atoms with Crippen molar-refractivity contribution in [2.75, 3.05) is 0 Å². The molecule has 0 aliphatic carbocycles. The monoisotopic (exact) mass is 554 g/mol. The molecule has 0 amide bonds. The first-order valence-corrected chi connectivity index (χ1v) is 15.1. The summed E-state index contributed by atoms with van der Waals surface area (Å²) < 4.78 is 4.94. The molecule has 2 nitrogen and oxygen atoms in total. The summed E-state index contributed by atoms with van der Waals surface area (Å²) in [6.07, 6.45) is 0. The van der Waals surface area contributed by atoms with Crippen LogP contribution in [-0.2, 0) is 5.41 Å². The Balaban J connectivity index is 1.61. The highest BCUT2D eigenvalue weighted by Gasteiger charge is 2.28. The van der Waals surface area contributed by atoms with Crippen LogP contribution in [-0.4, -0.2) is 9.13 Å². The Bertz CT molecular complexity index is 2270. The Kier molecular flexibility index (Phi) is 5.64. The van der Waals surface area contributed by atoms with Crippen LogP contribution >= 0.6 is 0 Å². The van der Waals surface area contributed by atoms with Gasteiger partial charge >= 0.3 is 0 Å². The highest BCUT2D eigenvalue weighted by atomic mass is 15.0. The third-order valence-electron chi connectivity index (χ3n) is 8.85. The number of rotatable bonds is 3. The van der Waals surface area contributed by atoms with E-state index in [9.17, 15) is 0 Å². The summed E-state index contributed by atoms with van der Waals surface area (Å²) in [5, 5.41) is 5.19. The Hall–Kier alpha value is -5.08. The molecule has 8 aromatic rings. The Labute approximate surface area is 252 Å². The molecule has 0 unspecified atom stereocenters. The largest absolute Gasteiger partial charge is 0.309 e. The third kappa shape index (κ3) is 3.87. The van der Waals surface area contributed by atoms with Crippen molar-refractivity contribution in [1.29, 1.82) is 0 Å². The van der Waals surface area contributed by atoms with Gasteiger partial charge in [-0.3, -0.25) is 0 Å². The lowest BCUT2D eigenvalue weighted by Crippen LogP contribution is -2.16. The first kappa shape index (κ1) is 25.6. The van der Waals surface area contributed by atoms with Gasteiger partial charge in [0.15, 0.2) is 0 Å². The van der Waals surface area contributed by atoms with Crippen LogP contribution in [0, 0.1) is 6.92 Å². The van der Waals surface area contributed by atoms with Gasteiger partial charge in [0, 0.05) is 27.2 Å². The van der Waals surface area contributed by atoms with Crippen LogP contribution in [0.1, 0.15) is 31.9 Å². The standard InChI is InChI=1S/C41H34N2/c1-27-14-12-15-28(26-27)30-20-13-23-35-38(30)39-36(42(35)29-16-6-5-7-17-29)24-25-37(40(39)41(2,3)4)43-33-21-10-8-18-31(33)32-19-9-11-22-34(32)43/h5-26H,1-4H3. The van der Waals surface area contributed by atoms with E-state index in [2.05, 4.69) is 170 Å². The first-order chi connectivity index (χ1) is 20.9. The second-order valence-corrected chi connectivity index (χ2v) is 12.7. The molecule has 208 valence electrons. The Morgan fingerprint density at radius 1 is 0.488 bits per heavy atom. The van der Waals surface area contributed by atoms with Gasteiger partial charge < -0.3 is 9.13 Å². The zero-order chi connectivity index (χ0) is 29.3. The van der Waals surface area contributed by atoms with Gasteiger partial charge in [-0.05, 0) is 71.5 Å². The minimum Gasteiger partial charge on any atom is -0.309 e. The minimum atomic E-state index is -0.142. The van der Waals surface area contributed by atoms with Gasteiger partial charge in [-0.25, -0.2) is 0 Å². The van der Waals surface area contributed by atoms with Crippen molar-refractivity contribution in [3.63, 3.8) is 0 Å². The molecule has 2 heterocycles. The van der Waals surface area contributed by atoms with Crippen LogP contribution in [0.3, 0.4) is 0 Å². The second kappa shape index (κ2) is 9.47. The zero-order valence-electron chi connectivity index (χ0n) is 25.1. The van der Waals surface area contributed by atoms with E-state index in [4.69, 9.17) is 0 Å². The lowest BCUT2D eigenvalue weighted by atomic mass is 9.81. The molecule has 8 rings (SSSR count). The smallest absolute Gasteiger partial charge is 0.0547 e. The predicted molar refractivity (Wildman–Crippen MR) is 184 cm³/mol. The van der Waals surface area contributed by atoms with Gasteiger partial charge in [0.2, 0.25) is 0 Å². The maximum absolute atomic E-state index is 2.49. The van der Waals surface area contributed by atoms with E-state index in [1.807, 2.05) is 0 Å². The van der Waals surface area contributed by atoms with Crippen molar-refractivity contribution in [2.24, 2.45) is 0 Å². The van der Waals surface area contributed by atoms with Crippen LogP contribution in [0.2, 0.25) is 0 Å². The van der Waals surface area contributed by atoms with Crippen LogP contribution in [0.5, 0.6) is 0 Å². The molecule has 2 aromatic heterocycles. The van der Waals surface area contributed by atoms with E-state index in [1.54, 1.807) is 0 Å². The Morgan fingerprint density at radius 3 is 1.77 bits per heavy atom. The highest BCUT2D eigenvalue weighted by Crippen LogP contribution is 2.46. The SMILES string of the molecule is Cc1cccc(-c2cccc3c2c2c(C(C)(C)C)c(-n4c5ccccc5c5ccccc54)ccc2n3-c2ccccc2)c1. The van der Waals surface area contributed by atoms with Gasteiger partial charge in [0.1, 0.15) is 0 Å². The summed E-state index contributed by atoms with van der Waals surface area (Å²) in [5.74, 6) is 0. The molecule has 0 saturated carbocycles. The molecule has 6 aromatic carbocycles. The average molecular weight is 555 g/mol. The fourth-order valence-electron chi connectivity index (χ4n) is 7.18. The molecular weight excluding hydrogens is 520 g/mol. The quantitative estimate of drug-likeness (QED) is 0.206. The number of benzene rings is 6. The maximum Gasteiger partial charge on any atom is 0.0547 e. The van der Waals surface area contributed by atoms with E-state index in [0.717, 1.165) is 0 Å². The summed E-state index contributed by atoms with van der Waals surface area (Å²) in [4.78, 5) is 0. The summed E-state index contributed by atoms with van der Waals surface area (Å²) in [5.41, 5.74) is 12.3. The molecule has 2 heteroatoms. The van der Waals surface area contributed by atoms with Gasteiger partial charge in [0.05, 0.1) is 27.8 Å². The number of hydrogen-bond donors (Lipinski definition) is 0. The van der Waals surface area contributed by atoms with Crippen LogP contribution in [0.15, 0.2) is 133 Å². The molecule has 0 aliphatic heterocycles. The van der Waals surface area contributed by atoms with E-state index >= 15 is 0 Å². The van der Waals surface area contributed by atoms with E-state index in [-0.39, 0.29) is 5.41 Å². The normalized spacial score (nSPS) is 12.2. The highest BCUT2D eigenvalue weighted by molar-refractivity contribution is 6.18. The number of nitrogens with zero attached hydrogens (tertiary/aromatic N) is 2. The summed E-state index contributed by atoms with van der Waals surface area (Å²) in [7, 11) is 0. The lowest BCUT2D eigenvalue weighted by Gasteiger charge is -2.26.